The molecule has 1 aliphatic rings. The number of nitrogens with zero attached hydrogens (tertiary/aromatic N) is 3. The molecule has 31 heavy (non-hydrogen) atoms. The smallest absolute Gasteiger partial charge is 0.270 e. The second-order valence-corrected chi connectivity index (χ2v) is 6.77. The zero-order valence-electron chi connectivity index (χ0n) is 15.8. The summed E-state index contributed by atoms with van der Waals surface area (Å²) in [6.45, 7) is 1.32. The number of carbonyl (C=O) groups excluding carboxylic acids is 3. The SMILES string of the molecule is CC(=O)Nc1ccc(N2C(=O)c3cc([N+](=O)[O-])cc4cc([N+](=O)[O-])cc(c34)C2=O)cc1. The number of benzene rings is 3. The molecule has 1 N–H and O–H groups in total. The molecule has 0 atom stereocenters. The van der Waals surface area contributed by atoms with Crippen LogP contribution in [-0.2, 0) is 4.79 Å². The summed E-state index contributed by atoms with van der Waals surface area (Å²) in [5.41, 5.74) is -0.516. The molecule has 3 aromatic carbocycles. The number of nitro benzene ring substituents is 2. The Morgan fingerprint density at radius 1 is 0.871 bits per heavy atom. The molecule has 0 aliphatic carbocycles. The maximum atomic E-state index is 13.1. The average molecular weight is 420 g/mol. The minimum absolute atomic E-state index is 0.0516. The average Bonchev–Trinajstić information content (AvgIpc) is 2.71. The summed E-state index contributed by atoms with van der Waals surface area (Å²) in [6, 6.07) is 10.1. The highest BCUT2D eigenvalue weighted by molar-refractivity contribution is 6.36. The Labute approximate surface area is 173 Å². The van der Waals surface area contributed by atoms with Gasteiger partial charge in [-0.05, 0) is 29.7 Å². The van der Waals surface area contributed by atoms with Crippen molar-refractivity contribution in [1.82, 2.24) is 0 Å². The van der Waals surface area contributed by atoms with Crippen LogP contribution >= 0.6 is 0 Å². The maximum absolute atomic E-state index is 13.1. The van der Waals surface area contributed by atoms with E-state index in [1.165, 1.54) is 31.2 Å². The maximum Gasteiger partial charge on any atom is 0.270 e. The van der Waals surface area contributed by atoms with E-state index in [0.29, 0.717) is 5.69 Å². The topological polar surface area (TPSA) is 153 Å². The van der Waals surface area contributed by atoms with Gasteiger partial charge in [0.25, 0.3) is 23.2 Å². The lowest BCUT2D eigenvalue weighted by Gasteiger charge is -2.27. The Balaban J connectivity index is 1.93. The molecule has 1 aliphatic heterocycles. The number of carbonyl (C=O) groups is 3. The molecule has 11 heteroatoms. The molecule has 0 aromatic heterocycles. The fraction of sp³-hybridized carbons (Fsp3) is 0.0500. The van der Waals surface area contributed by atoms with E-state index in [1.54, 1.807) is 0 Å². The Bertz CT molecular complexity index is 1260. The fourth-order valence-corrected chi connectivity index (χ4v) is 3.50. The van der Waals surface area contributed by atoms with Crippen LogP contribution in [0.25, 0.3) is 10.8 Å². The first kappa shape index (κ1) is 19.6. The van der Waals surface area contributed by atoms with Crippen LogP contribution in [0.4, 0.5) is 22.7 Å². The summed E-state index contributed by atoms with van der Waals surface area (Å²) in [5, 5.41) is 25.4. The number of hydrogen-bond acceptors (Lipinski definition) is 7. The van der Waals surface area contributed by atoms with Crippen LogP contribution in [0.5, 0.6) is 0 Å². The molecule has 0 saturated carbocycles. The van der Waals surface area contributed by atoms with Crippen molar-refractivity contribution in [2.24, 2.45) is 0 Å². The largest absolute Gasteiger partial charge is 0.326 e. The van der Waals surface area contributed by atoms with Crippen molar-refractivity contribution in [3.63, 3.8) is 0 Å². The molecule has 0 unspecified atom stereocenters. The molecule has 0 saturated heterocycles. The van der Waals surface area contributed by atoms with Gasteiger partial charge >= 0.3 is 0 Å². The Kier molecular flexibility index (Phi) is 4.43. The van der Waals surface area contributed by atoms with Crippen molar-refractivity contribution < 1.29 is 24.2 Å². The molecule has 0 radical (unpaired) electrons. The number of hydrogen-bond donors (Lipinski definition) is 1. The molecule has 0 fully saturated rings. The van der Waals surface area contributed by atoms with Gasteiger partial charge in [-0.3, -0.25) is 34.6 Å². The molecular weight excluding hydrogens is 408 g/mol. The lowest BCUT2D eigenvalue weighted by Crippen LogP contribution is -2.40. The van der Waals surface area contributed by atoms with Crippen LogP contribution in [0.15, 0.2) is 48.5 Å². The van der Waals surface area contributed by atoms with Gasteiger partial charge < -0.3 is 5.32 Å². The van der Waals surface area contributed by atoms with E-state index < -0.39 is 33.0 Å². The fourth-order valence-electron chi connectivity index (χ4n) is 3.50. The monoisotopic (exact) mass is 420 g/mol. The summed E-state index contributed by atoms with van der Waals surface area (Å²) >= 11 is 0. The minimum Gasteiger partial charge on any atom is -0.326 e. The van der Waals surface area contributed by atoms with Gasteiger partial charge in [-0.2, -0.15) is 0 Å². The van der Waals surface area contributed by atoms with Gasteiger partial charge in [0, 0.05) is 42.3 Å². The zero-order valence-corrected chi connectivity index (χ0v) is 15.8. The van der Waals surface area contributed by atoms with Gasteiger partial charge in [0.2, 0.25) is 5.91 Å². The predicted molar refractivity (Wildman–Crippen MR) is 109 cm³/mol. The van der Waals surface area contributed by atoms with E-state index in [0.717, 1.165) is 29.2 Å². The molecule has 0 spiro atoms. The summed E-state index contributed by atoms with van der Waals surface area (Å²) in [7, 11) is 0. The molecule has 1 heterocycles. The number of imide groups is 1. The lowest BCUT2D eigenvalue weighted by atomic mass is 9.92. The van der Waals surface area contributed by atoms with Gasteiger partial charge in [-0.25, -0.2) is 4.90 Å². The van der Waals surface area contributed by atoms with Crippen molar-refractivity contribution in [3.8, 4) is 0 Å². The molecule has 154 valence electrons. The van der Waals surface area contributed by atoms with Gasteiger partial charge in [-0.15, -0.1) is 0 Å². The third kappa shape index (κ3) is 3.23. The van der Waals surface area contributed by atoms with Crippen molar-refractivity contribution in [1.29, 1.82) is 0 Å². The Morgan fingerprint density at radius 2 is 1.35 bits per heavy atom. The van der Waals surface area contributed by atoms with E-state index in [2.05, 4.69) is 5.32 Å². The second-order valence-electron chi connectivity index (χ2n) is 6.77. The molecular formula is C20H12N4O7. The van der Waals surface area contributed by atoms with Gasteiger partial charge in [0.1, 0.15) is 0 Å². The second kappa shape index (κ2) is 6.99. The van der Waals surface area contributed by atoms with Crippen molar-refractivity contribution >= 4 is 51.2 Å². The molecule has 11 nitrogen and oxygen atoms in total. The number of nitro groups is 2. The van der Waals surface area contributed by atoms with E-state index in [-0.39, 0.29) is 33.5 Å². The van der Waals surface area contributed by atoms with Gasteiger partial charge in [-0.1, -0.05) is 0 Å². The van der Waals surface area contributed by atoms with Crippen LogP contribution in [0.2, 0.25) is 0 Å². The zero-order chi connectivity index (χ0) is 22.4. The standard InChI is InChI=1S/C20H12N4O7/c1-10(25)21-12-2-4-13(5-3-12)22-19(26)16-8-14(23(28)29)6-11-7-15(24(30)31)9-17(18(11)16)20(22)27/h2-9H,1H3,(H,21,25). The van der Waals surface area contributed by atoms with E-state index in [9.17, 15) is 34.6 Å². The number of amides is 3. The first-order valence-electron chi connectivity index (χ1n) is 8.84. The minimum atomic E-state index is -0.799. The summed E-state index contributed by atoms with van der Waals surface area (Å²) < 4.78 is 0. The van der Waals surface area contributed by atoms with Crippen LogP contribution in [-0.4, -0.2) is 27.6 Å². The summed E-state index contributed by atoms with van der Waals surface area (Å²) in [6.07, 6.45) is 0. The first-order chi connectivity index (χ1) is 14.7. The van der Waals surface area contributed by atoms with E-state index in [4.69, 9.17) is 0 Å². The summed E-state index contributed by atoms with van der Waals surface area (Å²) in [5.74, 6) is -1.90. The predicted octanol–water partition coefficient (Wildman–Crippen LogP) is 3.42. The third-order valence-corrected chi connectivity index (χ3v) is 4.75. The summed E-state index contributed by atoms with van der Waals surface area (Å²) in [4.78, 5) is 59.5. The van der Waals surface area contributed by atoms with Crippen molar-refractivity contribution in [3.05, 3.63) is 79.9 Å². The molecule has 0 bridgehead atoms. The van der Waals surface area contributed by atoms with Crippen LogP contribution in [0, 0.1) is 20.2 Å². The molecule has 3 amide bonds. The van der Waals surface area contributed by atoms with Crippen LogP contribution in [0.3, 0.4) is 0 Å². The normalized spacial score (nSPS) is 12.7. The van der Waals surface area contributed by atoms with Gasteiger partial charge in [0.05, 0.1) is 26.7 Å². The third-order valence-electron chi connectivity index (χ3n) is 4.75. The van der Waals surface area contributed by atoms with Crippen molar-refractivity contribution in [2.75, 3.05) is 10.2 Å². The number of nitrogens with one attached hydrogen (secondary N) is 1. The number of non-ortho nitro benzene ring substituents is 2. The Morgan fingerprint density at radius 3 is 1.77 bits per heavy atom. The highest BCUT2D eigenvalue weighted by Crippen LogP contribution is 2.38. The van der Waals surface area contributed by atoms with Crippen LogP contribution < -0.4 is 10.2 Å². The quantitative estimate of drug-likeness (QED) is 0.385. The number of anilines is 2. The highest BCUT2D eigenvalue weighted by atomic mass is 16.6. The molecule has 4 rings (SSSR count). The Hall–Kier alpha value is -4.67. The van der Waals surface area contributed by atoms with Crippen LogP contribution in [0.1, 0.15) is 27.6 Å². The number of rotatable bonds is 4. The van der Waals surface area contributed by atoms with E-state index in [1.807, 2.05) is 0 Å². The lowest BCUT2D eigenvalue weighted by molar-refractivity contribution is -0.385. The van der Waals surface area contributed by atoms with E-state index >= 15 is 0 Å². The van der Waals surface area contributed by atoms with Crippen molar-refractivity contribution in [2.45, 2.75) is 6.92 Å². The van der Waals surface area contributed by atoms with Gasteiger partial charge in [0.15, 0.2) is 0 Å². The first-order valence-corrected chi connectivity index (χ1v) is 8.84. The highest BCUT2D eigenvalue weighted by Gasteiger charge is 2.36. The molecule has 3 aromatic rings.